The minimum atomic E-state index is -0.300. The lowest BCUT2D eigenvalue weighted by Crippen LogP contribution is -2.43. The average molecular weight is 474 g/mol. The monoisotopic (exact) mass is 473 g/mol. The Morgan fingerprint density at radius 1 is 1.11 bits per heavy atom. The van der Waals surface area contributed by atoms with Gasteiger partial charge in [0.15, 0.2) is 0 Å². The summed E-state index contributed by atoms with van der Waals surface area (Å²) in [6.07, 6.45) is 7.60. The Kier molecular flexibility index (Phi) is 6.11. The summed E-state index contributed by atoms with van der Waals surface area (Å²) < 4.78 is 21.0. The third kappa shape index (κ3) is 4.43. The molecule has 1 atom stereocenters. The lowest BCUT2D eigenvalue weighted by molar-refractivity contribution is -0.124. The highest BCUT2D eigenvalue weighted by molar-refractivity contribution is 6.14. The molecule has 35 heavy (non-hydrogen) atoms. The Morgan fingerprint density at radius 3 is 2.51 bits per heavy atom. The van der Waals surface area contributed by atoms with E-state index >= 15 is 0 Å². The Hall–Kier alpha value is -3.94. The Morgan fingerprint density at radius 2 is 1.86 bits per heavy atom. The summed E-state index contributed by atoms with van der Waals surface area (Å²) in [4.78, 5) is 26.6. The van der Waals surface area contributed by atoms with Gasteiger partial charge in [-0.2, -0.15) is 0 Å². The van der Waals surface area contributed by atoms with E-state index in [1.54, 1.807) is 36.5 Å². The maximum absolute atomic E-state index is 13.6. The van der Waals surface area contributed by atoms with Crippen LogP contribution in [0.5, 0.6) is 5.75 Å². The van der Waals surface area contributed by atoms with E-state index in [0.29, 0.717) is 17.4 Å². The second-order valence-corrected chi connectivity index (χ2v) is 8.89. The van der Waals surface area contributed by atoms with Crippen molar-refractivity contribution < 1.29 is 13.9 Å². The van der Waals surface area contributed by atoms with Crippen molar-refractivity contribution in [3.05, 3.63) is 83.3 Å². The van der Waals surface area contributed by atoms with Crippen LogP contribution in [0.4, 0.5) is 4.39 Å². The van der Waals surface area contributed by atoms with Crippen LogP contribution in [0, 0.1) is 12.7 Å². The largest absolute Gasteiger partial charge is 0.495 e. The van der Waals surface area contributed by atoms with Crippen molar-refractivity contribution in [2.24, 2.45) is 4.99 Å². The van der Waals surface area contributed by atoms with Crippen LogP contribution in [-0.4, -0.2) is 51.4 Å². The number of benzene rings is 2. The Balaban J connectivity index is 1.50. The van der Waals surface area contributed by atoms with Crippen LogP contribution in [0.2, 0.25) is 0 Å². The van der Waals surface area contributed by atoms with Crippen LogP contribution < -0.4 is 4.74 Å². The summed E-state index contributed by atoms with van der Waals surface area (Å²) in [5.41, 5.74) is 3.81. The number of nitrogens with zero attached hydrogens (tertiary/aromatic N) is 5. The van der Waals surface area contributed by atoms with E-state index in [9.17, 15) is 9.18 Å². The van der Waals surface area contributed by atoms with Gasteiger partial charge < -0.3 is 14.2 Å². The maximum Gasteiger partial charge on any atom is 0.279 e. The SMILES string of the molecule is COc1cc(C=C2N=C(N3CCCC3)N(C(C)c3ccc(F)cc3)C2=O)ccc1-n1cnc(C)c1. The average Bonchev–Trinajstić information content (AvgIpc) is 3.60. The first-order chi connectivity index (χ1) is 16.9. The third-order valence-corrected chi connectivity index (χ3v) is 6.50. The highest BCUT2D eigenvalue weighted by Gasteiger charge is 2.38. The molecule has 0 aliphatic carbocycles. The molecule has 8 heteroatoms. The van der Waals surface area contributed by atoms with Gasteiger partial charge in [-0.25, -0.2) is 14.4 Å². The predicted molar refractivity (Wildman–Crippen MR) is 133 cm³/mol. The maximum atomic E-state index is 13.6. The number of aryl methyl sites for hydroxylation is 1. The minimum absolute atomic E-state index is 0.169. The number of methoxy groups -OCH3 is 1. The van der Waals surface area contributed by atoms with Crippen molar-refractivity contribution in [2.45, 2.75) is 32.7 Å². The minimum Gasteiger partial charge on any atom is -0.495 e. The molecule has 1 amide bonds. The van der Waals surface area contributed by atoms with Crippen molar-refractivity contribution in [1.29, 1.82) is 0 Å². The van der Waals surface area contributed by atoms with Gasteiger partial charge in [0, 0.05) is 19.3 Å². The first kappa shape index (κ1) is 22.8. The molecular weight excluding hydrogens is 445 g/mol. The highest BCUT2D eigenvalue weighted by atomic mass is 19.1. The number of ether oxygens (including phenoxy) is 1. The van der Waals surface area contributed by atoms with Gasteiger partial charge in [-0.05, 0) is 68.2 Å². The normalized spacial score (nSPS) is 17.9. The zero-order valence-corrected chi connectivity index (χ0v) is 20.1. The second-order valence-electron chi connectivity index (χ2n) is 8.89. The number of hydrogen-bond donors (Lipinski definition) is 0. The fourth-order valence-corrected chi connectivity index (χ4v) is 4.61. The van der Waals surface area contributed by atoms with Crippen LogP contribution in [0.25, 0.3) is 11.8 Å². The summed E-state index contributed by atoms with van der Waals surface area (Å²) in [6.45, 7) is 5.60. The molecule has 5 rings (SSSR count). The lowest BCUT2D eigenvalue weighted by atomic mass is 10.1. The molecule has 3 aromatic rings. The summed E-state index contributed by atoms with van der Waals surface area (Å²) in [6, 6.07) is 11.8. The van der Waals surface area contributed by atoms with E-state index in [0.717, 1.165) is 48.4 Å². The fraction of sp³-hybridized carbons (Fsp3) is 0.296. The van der Waals surface area contributed by atoms with Gasteiger partial charge in [0.05, 0.1) is 30.9 Å². The molecule has 180 valence electrons. The highest BCUT2D eigenvalue weighted by Crippen LogP contribution is 2.32. The summed E-state index contributed by atoms with van der Waals surface area (Å²) in [5, 5.41) is 0. The lowest BCUT2D eigenvalue weighted by Gasteiger charge is -2.30. The van der Waals surface area contributed by atoms with E-state index in [1.807, 2.05) is 42.8 Å². The molecule has 1 fully saturated rings. The third-order valence-electron chi connectivity index (χ3n) is 6.50. The number of hydrogen-bond acceptors (Lipinski definition) is 5. The van der Waals surface area contributed by atoms with Gasteiger partial charge in [-0.1, -0.05) is 18.2 Å². The smallest absolute Gasteiger partial charge is 0.279 e. The van der Waals surface area contributed by atoms with Crippen LogP contribution >= 0.6 is 0 Å². The second kappa shape index (κ2) is 9.37. The topological polar surface area (TPSA) is 63.0 Å². The predicted octanol–water partition coefficient (Wildman–Crippen LogP) is 4.72. The van der Waals surface area contributed by atoms with Gasteiger partial charge in [-0.15, -0.1) is 0 Å². The summed E-state index contributed by atoms with van der Waals surface area (Å²) >= 11 is 0. The molecule has 2 aromatic carbocycles. The molecule has 3 heterocycles. The molecular formula is C27H28FN5O2. The molecule has 0 bridgehead atoms. The Bertz CT molecular complexity index is 1310. The van der Waals surface area contributed by atoms with Crippen molar-refractivity contribution >= 4 is 17.9 Å². The van der Waals surface area contributed by atoms with E-state index < -0.39 is 0 Å². The van der Waals surface area contributed by atoms with Gasteiger partial charge in [-0.3, -0.25) is 9.69 Å². The molecule has 0 spiro atoms. The van der Waals surface area contributed by atoms with Crippen LogP contribution in [0.15, 0.2) is 65.7 Å². The first-order valence-electron chi connectivity index (χ1n) is 11.8. The number of carbonyl (C=O) groups excluding carboxylic acids is 1. The number of aromatic nitrogens is 2. The van der Waals surface area contributed by atoms with Gasteiger partial charge in [0.25, 0.3) is 5.91 Å². The van der Waals surface area contributed by atoms with E-state index in [-0.39, 0.29) is 17.8 Å². The first-order valence-corrected chi connectivity index (χ1v) is 11.8. The van der Waals surface area contributed by atoms with E-state index in [2.05, 4.69) is 9.88 Å². The van der Waals surface area contributed by atoms with Crippen LogP contribution in [-0.2, 0) is 4.79 Å². The van der Waals surface area contributed by atoms with Gasteiger partial charge in [0.1, 0.15) is 17.3 Å². The van der Waals surface area contributed by atoms with E-state index in [4.69, 9.17) is 9.73 Å². The number of aliphatic imine (C=N–C) groups is 1. The van der Waals surface area contributed by atoms with Gasteiger partial charge in [0.2, 0.25) is 5.96 Å². The van der Waals surface area contributed by atoms with Crippen molar-refractivity contribution in [3.8, 4) is 11.4 Å². The van der Waals surface area contributed by atoms with Crippen molar-refractivity contribution in [3.63, 3.8) is 0 Å². The number of amides is 1. The Labute approximate surface area is 204 Å². The van der Waals surface area contributed by atoms with Gasteiger partial charge >= 0.3 is 0 Å². The van der Waals surface area contributed by atoms with Crippen LogP contribution in [0.1, 0.15) is 42.6 Å². The molecule has 1 aromatic heterocycles. The number of imidazole rings is 1. The molecule has 7 nitrogen and oxygen atoms in total. The molecule has 2 aliphatic rings. The quantitative estimate of drug-likeness (QED) is 0.503. The van der Waals surface area contributed by atoms with Crippen molar-refractivity contribution in [2.75, 3.05) is 20.2 Å². The fourth-order valence-electron chi connectivity index (χ4n) is 4.61. The zero-order valence-electron chi connectivity index (χ0n) is 20.1. The number of halogens is 1. The van der Waals surface area contributed by atoms with E-state index in [1.165, 1.54) is 12.1 Å². The molecule has 0 saturated carbocycles. The standard InChI is InChI=1S/C27H28FN5O2/c1-18-16-32(17-29-18)24-11-6-20(15-25(24)35-3)14-23-26(34)33(27(30-23)31-12-4-5-13-31)19(2)21-7-9-22(28)10-8-21/h6-11,14-17,19H,4-5,12-13H2,1-3H3. The van der Waals surface area contributed by atoms with Crippen molar-refractivity contribution in [1.82, 2.24) is 19.4 Å². The number of rotatable bonds is 5. The number of likely N-dealkylation sites (tertiary alicyclic amines) is 1. The molecule has 2 aliphatic heterocycles. The molecule has 0 radical (unpaired) electrons. The summed E-state index contributed by atoms with van der Waals surface area (Å²) in [7, 11) is 1.62. The molecule has 0 N–H and O–H groups in total. The summed E-state index contributed by atoms with van der Waals surface area (Å²) in [5.74, 6) is 0.860. The molecule has 1 unspecified atom stereocenters. The number of guanidine groups is 1. The zero-order chi connectivity index (χ0) is 24.5. The molecule has 1 saturated heterocycles. The van der Waals surface area contributed by atoms with Crippen LogP contribution in [0.3, 0.4) is 0 Å². The number of carbonyl (C=O) groups is 1.